The van der Waals surface area contributed by atoms with Crippen LogP contribution in [0.2, 0.25) is 0 Å². The lowest BCUT2D eigenvalue weighted by atomic mass is 9.86. The van der Waals surface area contributed by atoms with Crippen LogP contribution in [0.3, 0.4) is 0 Å². The van der Waals surface area contributed by atoms with Crippen LogP contribution in [0.25, 0.3) is 17.0 Å². The van der Waals surface area contributed by atoms with Gasteiger partial charge in [0.05, 0.1) is 24.7 Å². The lowest BCUT2D eigenvalue weighted by Gasteiger charge is -2.24. The van der Waals surface area contributed by atoms with E-state index >= 15 is 0 Å². The summed E-state index contributed by atoms with van der Waals surface area (Å²) in [5.41, 5.74) is 3.42. The van der Waals surface area contributed by atoms with Crippen LogP contribution in [0.5, 0.6) is 0 Å². The Kier molecular flexibility index (Phi) is 6.52. The summed E-state index contributed by atoms with van der Waals surface area (Å²) in [5.74, 6) is -1.02. The lowest BCUT2D eigenvalue weighted by Crippen LogP contribution is -2.31. The molecule has 1 heterocycles. The molecule has 0 spiro atoms. The highest BCUT2D eigenvalue weighted by molar-refractivity contribution is 9.10. The average Bonchev–Trinajstić information content (AvgIpc) is 2.94. The second-order valence-electron chi connectivity index (χ2n) is 8.45. The summed E-state index contributed by atoms with van der Waals surface area (Å²) in [6.45, 7) is 8.59. The number of fused-ring (bicyclic) bond motifs is 3. The number of hydrogen-bond donors (Lipinski definition) is 0. The molecule has 156 valence electrons. The Bertz CT molecular complexity index is 971. The molecular weight excluding hydrogens is 434 g/mol. The first kappa shape index (κ1) is 21.6. The summed E-state index contributed by atoms with van der Waals surface area (Å²) < 4.78 is 14.0. The smallest absolute Gasteiger partial charge is 0.334 e. The average molecular weight is 462 g/mol. The highest BCUT2D eigenvalue weighted by Gasteiger charge is 2.36. The highest BCUT2D eigenvalue weighted by atomic mass is 79.9. The largest absolute Gasteiger partial charge is 0.465 e. The Morgan fingerprint density at radius 1 is 1.14 bits per heavy atom. The maximum Gasteiger partial charge on any atom is 0.334 e. The second-order valence-corrected chi connectivity index (χ2v) is 9.37. The summed E-state index contributed by atoms with van der Waals surface area (Å²) in [6, 6.07) is 6.06. The summed E-state index contributed by atoms with van der Waals surface area (Å²) in [4.78, 5) is 25.7. The fourth-order valence-electron chi connectivity index (χ4n) is 3.55. The van der Waals surface area contributed by atoms with Crippen molar-refractivity contribution in [3.63, 3.8) is 0 Å². The normalized spacial score (nSPS) is 16.1. The number of ether oxygens (including phenoxy) is 2. The van der Waals surface area contributed by atoms with Crippen LogP contribution >= 0.6 is 15.9 Å². The molecule has 3 rings (SSSR count). The molecule has 0 saturated carbocycles. The number of aromatic nitrogens is 1. The molecule has 2 aromatic rings. The van der Waals surface area contributed by atoms with Gasteiger partial charge in [0.1, 0.15) is 0 Å². The molecule has 5 nitrogen and oxygen atoms in total. The van der Waals surface area contributed by atoms with Gasteiger partial charge in [-0.25, -0.2) is 4.79 Å². The van der Waals surface area contributed by atoms with Gasteiger partial charge in [0.15, 0.2) is 0 Å². The van der Waals surface area contributed by atoms with Gasteiger partial charge in [-0.05, 0) is 30.0 Å². The molecule has 1 unspecified atom stereocenters. The van der Waals surface area contributed by atoms with Gasteiger partial charge in [-0.15, -0.1) is 0 Å². The second kappa shape index (κ2) is 8.74. The van der Waals surface area contributed by atoms with Gasteiger partial charge in [-0.1, -0.05) is 49.7 Å². The molecule has 0 radical (unpaired) electrons. The molecule has 0 fully saturated rings. The van der Waals surface area contributed by atoms with Gasteiger partial charge in [-0.2, -0.15) is 0 Å². The van der Waals surface area contributed by atoms with Crippen molar-refractivity contribution in [3.05, 3.63) is 39.5 Å². The zero-order valence-corrected chi connectivity index (χ0v) is 19.2. The van der Waals surface area contributed by atoms with E-state index in [2.05, 4.69) is 20.5 Å². The molecule has 1 aromatic carbocycles. The van der Waals surface area contributed by atoms with Crippen molar-refractivity contribution in [2.75, 3.05) is 13.2 Å². The van der Waals surface area contributed by atoms with E-state index in [1.165, 1.54) is 0 Å². The fraction of sp³-hybridized carbons (Fsp3) is 0.478. The maximum atomic E-state index is 12.9. The van der Waals surface area contributed by atoms with E-state index in [1.54, 1.807) is 0 Å². The summed E-state index contributed by atoms with van der Waals surface area (Å²) in [6.07, 6.45) is 2.23. The standard InChI is InChI=1S/C23H28BrNO4/c1-13(2)11-28-22(26)18-9-17-16-7-6-15(24)8-20(16)25(5)21(17)10-19(18)23(27)29-12-14(3)4/h6-9,13-14,19H,10-12H2,1-5H3. The van der Waals surface area contributed by atoms with Gasteiger partial charge >= 0.3 is 11.9 Å². The van der Waals surface area contributed by atoms with Crippen LogP contribution in [0.1, 0.15) is 39.0 Å². The molecule has 0 saturated heterocycles. The molecule has 29 heavy (non-hydrogen) atoms. The zero-order chi connectivity index (χ0) is 21.3. The van der Waals surface area contributed by atoms with Gasteiger partial charge in [0, 0.05) is 40.1 Å². The van der Waals surface area contributed by atoms with Crippen molar-refractivity contribution in [3.8, 4) is 0 Å². The fourth-order valence-corrected chi connectivity index (χ4v) is 3.89. The quantitative estimate of drug-likeness (QED) is 0.574. The monoisotopic (exact) mass is 461 g/mol. The van der Waals surface area contributed by atoms with Crippen molar-refractivity contribution in [1.82, 2.24) is 4.57 Å². The van der Waals surface area contributed by atoms with E-state index in [-0.39, 0.29) is 17.8 Å². The molecular formula is C23H28BrNO4. The van der Waals surface area contributed by atoms with E-state index < -0.39 is 11.9 Å². The Labute approximate surface area is 180 Å². The lowest BCUT2D eigenvalue weighted by molar-refractivity contribution is -0.151. The Hall–Kier alpha value is -2.08. The van der Waals surface area contributed by atoms with Gasteiger partial charge in [-0.3, -0.25) is 4.79 Å². The van der Waals surface area contributed by atoms with Crippen LogP contribution in [-0.2, 0) is 32.5 Å². The van der Waals surface area contributed by atoms with Gasteiger partial charge in [0.25, 0.3) is 0 Å². The minimum Gasteiger partial charge on any atom is -0.465 e. The van der Waals surface area contributed by atoms with Gasteiger partial charge in [0.2, 0.25) is 0 Å². The first-order chi connectivity index (χ1) is 13.7. The van der Waals surface area contributed by atoms with Crippen molar-refractivity contribution in [2.24, 2.45) is 24.8 Å². The van der Waals surface area contributed by atoms with Crippen LogP contribution in [-0.4, -0.2) is 29.7 Å². The Balaban J connectivity index is 2.04. The van der Waals surface area contributed by atoms with Gasteiger partial charge < -0.3 is 14.0 Å². The molecule has 0 amide bonds. The molecule has 1 aliphatic rings. The van der Waals surface area contributed by atoms with Crippen LogP contribution in [0, 0.1) is 17.8 Å². The predicted octanol–water partition coefficient (Wildman–Crippen LogP) is 4.89. The van der Waals surface area contributed by atoms with Crippen molar-refractivity contribution in [1.29, 1.82) is 0 Å². The van der Waals surface area contributed by atoms with Crippen LogP contribution < -0.4 is 0 Å². The number of esters is 2. The van der Waals surface area contributed by atoms with Crippen molar-refractivity contribution in [2.45, 2.75) is 34.1 Å². The number of nitrogens with zero attached hydrogens (tertiary/aromatic N) is 1. The Morgan fingerprint density at radius 2 is 1.79 bits per heavy atom. The number of aryl methyl sites for hydroxylation is 1. The van der Waals surface area contributed by atoms with E-state index in [9.17, 15) is 9.59 Å². The van der Waals surface area contributed by atoms with Crippen molar-refractivity contribution >= 4 is 44.8 Å². The molecule has 0 N–H and O–H groups in total. The SMILES string of the molecule is CC(C)COC(=O)C1=Cc2c(n(C)c3cc(Br)ccc23)CC1C(=O)OCC(C)C. The number of hydrogen-bond acceptors (Lipinski definition) is 4. The third kappa shape index (κ3) is 4.58. The number of benzene rings is 1. The molecule has 0 bridgehead atoms. The topological polar surface area (TPSA) is 57.5 Å². The minimum atomic E-state index is -0.660. The summed E-state index contributed by atoms with van der Waals surface area (Å²) >= 11 is 3.52. The number of rotatable bonds is 6. The molecule has 1 aromatic heterocycles. The third-order valence-corrected chi connectivity index (χ3v) is 5.52. The highest BCUT2D eigenvalue weighted by Crippen LogP contribution is 2.37. The van der Waals surface area contributed by atoms with Crippen molar-refractivity contribution < 1.29 is 19.1 Å². The number of halogens is 1. The summed E-state index contributed by atoms with van der Waals surface area (Å²) in [5, 5.41) is 1.05. The van der Waals surface area contributed by atoms with E-state index in [4.69, 9.17) is 9.47 Å². The number of carbonyl (C=O) groups is 2. The van der Waals surface area contributed by atoms with E-state index in [1.807, 2.05) is 59.0 Å². The maximum absolute atomic E-state index is 12.9. The first-order valence-electron chi connectivity index (χ1n) is 10.0. The summed E-state index contributed by atoms with van der Waals surface area (Å²) in [7, 11) is 1.99. The molecule has 0 aliphatic heterocycles. The molecule has 1 aliphatic carbocycles. The molecule has 6 heteroatoms. The first-order valence-corrected chi connectivity index (χ1v) is 10.8. The van der Waals surface area contributed by atoms with E-state index in [0.29, 0.717) is 25.2 Å². The predicted molar refractivity (Wildman–Crippen MR) is 117 cm³/mol. The van der Waals surface area contributed by atoms with Crippen LogP contribution in [0.15, 0.2) is 28.2 Å². The minimum absolute atomic E-state index is 0.222. The zero-order valence-electron chi connectivity index (χ0n) is 17.6. The van der Waals surface area contributed by atoms with Crippen LogP contribution in [0.4, 0.5) is 0 Å². The number of carbonyl (C=O) groups excluding carboxylic acids is 2. The molecule has 1 atom stereocenters. The van der Waals surface area contributed by atoms with E-state index in [0.717, 1.165) is 26.6 Å². The third-order valence-electron chi connectivity index (χ3n) is 5.03. The Morgan fingerprint density at radius 3 is 2.45 bits per heavy atom.